The fourth-order valence-electron chi connectivity index (χ4n) is 2.81. The molecule has 3 rings (SSSR count). The smallest absolute Gasteiger partial charge is 0.242 e. The van der Waals surface area contributed by atoms with Crippen LogP contribution in [0.4, 0.5) is 0 Å². The van der Waals surface area contributed by atoms with Crippen molar-refractivity contribution in [1.82, 2.24) is 9.29 Å². The van der Waals surface area contributed by atoms with Crippen LogP contribution in [0, 0.1) is 6.92 Å². The molecule has 0 saturated carbocycles. The number of nitrogens with zero attached hydrogens (tertiary/aromatic N) is 2. The van der Waals surface area contributed by atoms with Gasteiger partial charge in [-0.3, -0.25) is 0 Å². The van der Waals surface area contributed by atoms with Gasteiger partial charge in [0.2, 0.25) is 10.0 Å². The minimum Gasteiger partial charge on any atom is -0.242 e. The number of benzene rings is 2. The van der Waals surface area contributed by atoms with Gasteiger partial charge >= 0.3 is 0 Å². The highest BCUT2D eigenvalue weighted by Crippen LogP contribution is 2.31. The number of pyridine rings is 1. The molecule has 1 heterocycles. The summed E-state index contributed by atoms with van der Waals surface area (Å²) >= 11 is 12.3. The Hall–Kier alpha value is -1.66. The van der Waals surface area contributed by atoms with Crippen LogP contribution in [0.3, 0.4) is 0 Å². The number of hydrogen-bond acceptors (Lipinski definition) is 3. The zero-order valence-electron chi connectivity index (χ0n) is 14.4. The van der Waals surface area contributed by atoms with Gasteiger partial charge < -0.3 is 0 Å². The lowest BCUT2D eigenvalue weighted by Crippen LogP contribution is -2.30. The van der Waals surface area contributed by atoms with Crippen molar-refractivity contribution < 1.29 is 8.42 Å². The van der Waals surface area contributed by atoms with Gasteiger partial charge in [0.05, 0.1) is 9.92 Å². The molecule has 3 aromatic rings. The van der Waals surface area contributed by atoms with E-state index in [1.165, 1.54) is 16.6 Å². The standard InChI is InChI=1S/C19H18Cl2N2O2S/c1-3-23(12-14-7-5-4-6-13(14)2)26(24,25)15-8-9-16-17(10-15)19(21)22-11-18(16)20/h4-11H,3,12H2,1-2H3. The largest absolute Gasteiger partial charge is 0.243 e. The van der Waals surface area contributed by atoms with E-state index in [1.54, 1.807) is 12.1 Å². The molecule has 26 heavy (non-hydrogen) atoms. The number of halogens is 2. The van der Waals surface area contributed by atoms with Gasteiger partial charge in [0.15, 0.2) is 0 Å². The van der Waals surface area contributed by atoms with E-state index in [0.717, 1.165) is 11.1 Å². The predicted octanol–water partition coefficient (Wildman–Crippen LogP) is 5.06. The lowest BCUT2D eigenvalue weighted by atomic mass is 10.1. The highest BCUT2D eigenvalue weighted by atomic mass is 35.5. The number of hydrogen-bond donors (Lipinski definition) is 0. The van der Waals surface area contributed by atoms with Crippen LogP contribution in [0.5, 0.6) is 0 Å². The van der Waals surface area contributed by atoms with Crippen molar-refractivity contribution >= 4 is 44.0 Å². The van der Waals surface area contributed by atoms with Gasteiger partial charge in [0, 0.05) is 30.1 Å². The van der Waals surface area contributed by atoms with E-state index in [9.17, 15) is 8.42 Å². The minimum atomic E-state index is -3.68. The lowest BCUT2D eigenvalue weighted by molar-refractivity contribution is 0.423. The molecule has 0 amide bonds. The second kappa shape index (κ2) is 7.53. The maximum absolute atomic E-state index is 13.1. The topological polar surface area (TPSA) is 50.3 Å². The molecule has 0 aliphatic carbocycles. The molecule has 0 spiro atoms. The second-order valence-electron chi connectivity index (χ2n) is 5.96. The Labute approximate surface area is 163 Å². The maximum Gasteiger partial charge on any atom is 0.243 e. The van der Waals surface area contributed by atoms with Gasteiger partial charge in [0.1, 0.15) is 5.15 Å². The summed E-state index contributed by atoms with van der Waals surface area (Å²) in [6.07, 6.45) is 1.46. The SMILES string of the molecule is CCN(Cc1ccccc1C)S(=O)(=O)c1ccc2c(Cl)cnc(Cl)c2c1. The van der Waals surface area contributed by atoms with Crippen molar-refractivity contribution in [2.45, 2.75) is 25.3 Å². The highest BCUT2D eigenvalue weighted by Gasteiger charge is 2.24. The first-order valence-electron chi connectivity index (χ1n) is 8.13. The molecular formula is C19H18Cl2N2O2S. The van der Waals surface area contributed by atoms with Crippen LogP contribution in [-0.4, -0.2) is 24.3 Å². The monoisotopic (exact) mass is 408 g/mol. The van der Waals surface area contributed by atoms with Gasteiger partial charge in [0.25, 0.3) is 0 Å². The average Bonchev–Trinajstić information content (AvgIpc) is 2.63. The van der Waals surface area contributed by atoms with Crippen molar-refractivity contribution in [2.75, 3.05) is 6.54 Å². The summed E-state index contributed by atoms with van der Waals surface area (Å²) in [5, 5.41) is 1.85. The third-order valence-electron chi connectivity index (χ3n) is 4.36. The maximum atomic E-state index is 13.1. The molecule has 0 fully saturated rings. The summed E-state index contributed by atoms with van der Waals surface area (Å²) in [7, 11) is -3.68. The van der Waals surface area contributed by atoms with Gasteiger partial charge in [-0.25, -0.2) is 13.4 Å². The zero-order valence-corrected chi connectivity index (χ0v) is 16.7. The molecule has 136 valence electrons. The minimum absolute atomic E-state index is 0.173. The summed E-state index contributed by atoms with van der Waals surface area (Å²) in [6, 6.07) is 12.5. The fraction of sp³-hybridized carbons (Fsp3) is 0.211. The molecule has 2 aromatic carbocycles. The Balaban J connectivity index is 2.04. The van der Waals surface area contributed by atoms with Crippen LogP contribution in [0.2, 0.25) is 10.2 Å². The third kappa shape index (κ3) is 3.58. The Morgan fingerprint density at radius 1 is 1.08 bits per heavy atom. The highest BCUT2D eigenvalue weighted by molar-refractivity contribution is 7.89. The van der Waals surface area contributed by atoms with Crippen LogP contribution < -0.4 is 0 Å². The molecule has 0 N–H and O–H groups in total. The zero-order chi connectivity index (χ0) is 18.9. The van der Waals surface area contributed by atoms with E-state index < -0.39 is 10.0 Å². The van der Waals surface area contributed by atoms with Gasteiger partial charge in [-0.15, -0.1) is 0 Å². The number of fused-ring (bicyclic) bond motifs is 1. The van der Waals surface area contributed by atoms with Gasteiger partial charge in [-0.2, -0.15) is 4.31 Å². The van der Waals surface area contributed by atoms with Crippen LogP contribution in [-0.2, 0) is 16.6 Å². The van der Waals surface area contributed by atoms with Gasteiger partial charge in [-0.05, 0) is 30.2 Å². The molecule has 0 bridgehead atoms. The van der Waals surface area contributed by atoms with E-state index in [4.69, 9.17) is 23.2 Å². The molecular weight excluding hydrogens is 391 g/mol. The molecule has 4 nitrogen and oxygen atoms in total. The summed E-state index contributed by atoms with van der Waals surface area (Å²) in [4.78, 5) is 4.17. The van der Waals surface area contributed by atoms with E-state index in [-0.39, 0.29) is 10.0 Å². The van der Waals surface area contributed by atoms with Crippen LogP contribution in [0.1, 0.15) is 18.1 Å². The molecule has 0 saturated heterocycles. The van der Waals surface area contributed by atoms with E-state index in [0.29, 0.717) is 28.9 Å². The second-order valence-corrected chi connectivity index (χ2v) is 8.67. The fourth-order valence-corrected chi connectivity index (χ4v) is 4.68. The Bertz CT molecular complexity index is 1070. The number of aromatic nitrogens is 1. The van der Waals surface area contributed by atoms with E-state index >= 15 is 0 Å². The lowest BCUT2D eigenvalue weighted by Gasteiger charge is -2.22. The van der Waals surface area contributed by atoms with Crippen LogP contribution in [0.25, 0.3) is 10.8 Å². The number of sulfonamides is 1. The summed E-state index contributed by atoms with van der Waals surface area (Å²) in [5.41, 5.74) is 2.03. The van der Waals surface area contributed by atoms with Gasteiger partial charge in [-0.1, -0.05) is 60.5 Å². The Morgan fingerprint density at radius 2 is 1.81 bits per heavy atom. The summed E-state index contributed by atoms with van der Waals surface area (Å²) in [5.74, 6) is 0. The van der Waals surface area contributed by atoms with Crippen molar-refractivity contribution in [3.05, 3.63) is 70.0 Å². The molecule has 0 radical (unpaired) electrons. The van der Waals surface area contributed by atoms with Crippen molar-refractivity contribution in [3.63, 3.8) is 0 Å². The Kier molecular flexibility index (Phi) is 5.53. The predicted molar refractivity (Wildman–Crippen MR) is 106 cm³/mol. The quantitative estimate of drug-likeness (QED) is 0.554. The summed E-state index contributed by atoms with van der Waals surface area (Å²) in [6.45, 7) is 4.46. The van der Waals surface area contributed by atoms with Crippen LogP contribution >= 0.6 is 23.2 Å². The molecule has 0 aliphatic rings. The first-order chi connectivity index (χ1) is 12.3. The first kappa shape index (κ1) is 19.1. The van der Waals surface area contributed by atoms with E-state index in [2.05, 4.69) is 4.98 Å². The molecule has 0 atom stereocenters. The number of rotatable bonds is 5. The van der Waals surface area contributed by atoms with Crippen molar-refractivity contribution in [1.29, 1.82) is 0 Å². The molecule has 1 aromatic heterocycles. The first-order valence-corrected chi connectivity index (χ1v) is 10.3. The van der Waals surface area contributed by atoms with Crippen LogP contribution in [0.15, 0.2) is 53.6 Å². The summed E-state index contributed by atoms with van der Waals surface area (Å²) < 4.78 is 27.7. The van der Waals surface area contributed by atoms with Crippen molar-refractivity contribution in [2.24, 2.45) is 0 Å². The average molecular weight is 409 g/mol. The molecule has 0 unspecified atom stereocenters. The van der Waals surface area contributed by atoms with E-state index in [1.807, 2.05) is 38.1 Å². The normalized spacial score (nSPS) is 12.0. The van der Waals surface area contributed by atoms with Crippen molar-refractivity contribution in [3.8, 4) is 0 Å². The third-order valence-corrected chi connectivity index (χ3v) is 6.88. The molecule has 0 aliphatic heterocycles. The molecule has 7 heteroatoms. The number of aryl methyl sites for hydroxylation is 1. The Morgan fingerprint density at radius 3 is 2.50 bits per heavy atom.